The first kappa shape index (κ1) is 13.8. The third-order valence-corrected chi connectivity index (χ3v) is 3.13. The smallest absolute Gasteiger partial charge is 0.0454 e. The van der Waals surface area contributed by atoms with E-state index in [0.29, 0.717) is 6.04 Å². The van der Waals surface area contributed by atoms with E-state index in [1.165, 1.54) is 0 Å². The molecule has 0 fully saturated rings. The van der Waals surface area contributed by atoms with Gasteiger partial charge in [-0.25, -0.2) is 0 Å². The number of benzene rings is 1. The fourth-order valence-electron chi connectivity index (χ4n) is 1.76. The molecule has 0 aromatic heterocycles. The molecule has 0 aliphatic heterocycles. The third kappa shape index (κ3) is 3.97. The number of halogens is 2. The maximum atomic E-state index is 6.21. The van der Waals surface area contributed by atoms with Gasteiger partial charge in [0.1, 0.15) is 0 Å². The van der Waals surface area contributed by atoms with E-state index in [1.54, 1.807) is 0 Å². The molecule has 1 unspecified atom stereocenters. The lowest BCUT2D eigenvalue weighted by molar-refractivity contribution is 0.494. The predicted octanol–water partition coefficient (Wildman–Crippen LogP) is 4.83. The Morgan fingerprint density at radius 1 is 1.19 bits per heavy atom. The van der Waals surface area contributed by atoms with Crippen LogP contribution in [0.3, 0.4) is 0 Å². The second-order valence-electron chi connectivity index (χ2n) is 3.96. The van der Waals surface area contributed by atoms with Crippen LogP contribution in [0.25, 0.3) is 0 Å². The third-order valence-electron chi connectivity index (χ3n) is 2.55. The average molecular weight is 260 g/mol. The van der Waals surface area contributed by atoms with Crippen molar-refractivity contribution in [2.24, 2.45) is 0 Å². The first-order valence-electron chi connectivity index (χ1n) is 5.87. The standard InChI is InChI=1S/C13H19Cl2N/c1-3-5-13(16-8-4-2)11-9-10(14)6-7-12(11)15/h6-7,9,13,16H,3-5,8H2,1-2H3. The minimum atomic E-state index is 0.316. The average Bonchev–Trinajstić information content (AvgIpc) is 2.28. The van der Waals surface area contributed by atoms with Gasteiger partial charge in [-0.15, -0.1) is 0 Å². The highest BCUT2D eigenvalue weighted by atomic mass is 35.5. The molecule has 0 spiro atoms. The Bertz CT molecular complexity index is 326. The van der Waals surface area contributed by atoms with Crippen molar-refractivity contribution in [3.8, 4) is 0 Å². The van der Waals surface area contributed by atoms with E-state index >= 15 is 0 Å². The van der Waals surface area contributed by atoms with Crippen LogP contribution < -0.4 is 5.32 Å². The molecule has 3 heteroatoms. The molecule has 0 aliphatic rings. The van der Waals surface area contributed by atoms with E-state index in [2.05, 4.69) is 19.2 Å². The second kappa shape index (κ2) is 7.16. The highest BCUT2D eigenvalue weighted by molar-refractivity contribution is 6.33. The normalized spacial score (nSPS) is 12.8. The van der Waals surface area contributed by atoms with Gasteiger partial charge in [0, 0.05) is 16.1 Å². The van der Waals surface area contributed by atoms with Crippen LogP contribution in [0.2, 0.25) is 10.0 Å². The molecule has 1 rings (SSSR count). The maximum absolute atomic E-state index is 6.21. The van der Waals surface area contributed by atoms with E-state index < -0.39 is 0 Å². The zero-order chi connectivity index (χ0) is 12.0. The van der Waals surface area contributed by atoms with Crippen molar-refractivity contribution in [1.29, 1.82) is 0 Å². The molecule has 0 heterocycles. The lowest BCUT2D eigenvalue weighted by Gasteiger charge is -2.19. The molecule has 90 valence electrons. The second-order valence-corrected chi connectivity index (χ2v) is 4.80. The summed E-state index contributed by atoms with van der Waals surface area (Å²) in [4.78, 5) is 0. The summed E-state index contributed by atoms with van der Waals surface area (Å²) in [5, 5.41) is 5.06. The van der Waals surface area contributed by atoms with Gasteiger partial charge in [0.05, 0.1) is 0 Å². The molecule has 0 bridgehead atoms. The summed E-state index contributed by atoms with van der Waals surface area (Å²) in [6, 6.07) is 5.98. The number of hydrogen-bond donors (Lipinski definition) is 1. The van der Waals surface area contributed by atoms with Crippen LogP contribution in [0.15, 0.2) is 18.2 Å². The van der Waals surface area contributed by atoms with Crippen LogP contribution in [0, 0.1) is 0 Å². The van der Waals surface area contributed by atoms with Crippen molar-refractivity contribution >= 4 is 23.2 Å². The van der Waals surface area contributed by atoms with Crippen LogP contribution in [-0.4, -0.2) is 6.54 Å². The van der Waals surface area contributed by atoms with Crippen LogP contribution in [0.4, 0.5) is 0 Å². The highest BCUT2D eigenvalue weighted by Crippen LogP contribution is 2.28. The topological polar surface area (TPSA) is 12.0 Å². The number of rotatable bonds is 6. The summed E-state index contributed by atoms with van der Waals surface area (Å²) in [5.41, 5.74) is 1.12. The minimum Gasteiger partial charge on any atom is -0.310 e. The molecule has 0 amide bonds. The SMILES string of the molecule is CCCNC(CCC)c1cc(Cl)ccc1Cl. The zero-order valence-electron chi connectivity index (χ0n) is 9.89. The van der Waals surface area contributed by atoms with Crippen molar-refractivity contribution in [1.82, 2.24) is 5.32 Å². The predicted molar refractivity (Wildman–Crippen MR) is 72.4 cm³/mol. The summed E-state index contributed by atoms with van der Waals surface area (Å²) in [5.74, 6) is 0. The molecule has 0 saturated heterocycles. The van der Waals surface area contributed by atoms with Crippen molar-refractivity contribution in [2.75, 3.05) is 6.54 Å². The first-order chi connectivity index (χ1) is 7.69. The van der Waals surface area contributed by atoms with E-state index in [4.69, 9.17) is 23.2 Å². The summed E-state index contributed by atoms with van der Waals surface area (Å²) in [7, 11) is 0. The molecule has 0 saturated carbocycles. The molecule has 0 radical (unpaired) electrons. The van der Waals surface area contributed by atoms with E-state index in [-0.39, 0.29) is 0 Å². The molecule has 1 atom stereocenters. The van der Waals surface area contributed by atoms with Gasteiger partial charge in [0.25, 0.3) is 0 Å². The Kier molecular flexibility index (Phi) is 6.18. The summed E-state index contributed by atoms with van der Waals surface area (Å²) < 4.78 is 0. The monoisotopic (exact) mass is 259 g/mol. The van der Waals surface area contributed by atoms with Gasteiger partial charge in [-0.05, 0) is 43.1 Å². The van der Waals surface area contributed by atoms with Gasteiger partial charge in [-0.2, -0.15) is 0 Å². The number of nitrogens with one attached hydrogen (secondary N) is 1. The van der Waals surface area contributed by atoms with Crippen LogP contribution in [0.5, 0.6) is 0 Å². The van der Waals surface area contributed by atoms with Gasteiger partial charge in [-0.1, -0.05) is 43.5 Å². The zero-order valence-corrected chi connectivity index (χ0v) is 11.4. The van der Waals surface area contributed by atoms with Crippen LogP contribution >= 0.6 is 23.2 Å². The largest absolute Gasteiger partial charge is 0.310 e. The van der Waals surface area contributed by atoms with Crippen LogP contribution in [0.1, 0.15) is 44.7 Å². The van der Waals surface area contributed by atoms with E-state index in [0.717, 1.165) is 41.4 Å². The van der Waals surface area contributed by atoms with E-state index in [9.17, 15) is 0 Å². The molecule has 1 nitrogen and oxygen atoms in total. The van der Waals surface area contributed by atoms with Gasteiger partial charge in [0.15, 0.2) is 0 Å². The van der Waals surface area contributed by atoms with Gasteiger partial charge >= 0.3 is 0 Å². The van der Waals surface area contributed by atoms with Gasteiger partial charge < -0.3 is 5.32 Å². The molecule has 0 aliphatic carbocycles. The van der Waals surface area contributed by atoms with Crippen molar-refractivity contribution in [2.45, 2.75) is 39.2 Å². The Hall–Kier alpha value is -0.240. The Labute approximate surface area is 108 Å². The lowest BCUT2D eigenvalue weighted by atomic mass is 10.0. The van der Waals surface area contributed by atoms with Crippen molar-refractivity contribution < 1.29 is 0 Å². The summed E-state index contributed by atoms with van der Waals surface area (Å²) in [6.45, 7) is 5.35. The summed E-state index contributed by atoms with van der Waals surface area (Å²) >= 11 is 12.2. The fraction of sp³-hybridized carbons (Fsp3) is 0.538. The Morgan fingerprint density at radius 3 is 2.56 bits per heavy atom. The van der Waals surface area contributed by atoms with Crippen molar-refractivity contribution in [3.05, 3.63) is 33.8 Å². The van der Waals surface area contributed by atoms with Gasteiger partial charge in [0.2, 0.25) is 0 Å². The first-order valence-corrected chi connectivity index (χ1v) is 6.63. The van der Waals surface area contributed by atoms with Gasteiger partial charge in [-0.3, -0.25) is 0 Å². The van der Waals surface area contributed by atoms with E-state index in [1.807, 2.05) is 18.2 Å². The molecule has 1 aromatic carbocycles. The summed E-state index contributed by atoms with van der Waals surface area (Å²) in [6.07, 6.45) is 3.34. The minimum absolute atomic E-state index is 0.316. The molecular weight excluding hydrogens is 241 g/mol. The lowest BCUT2D eigenvalue weighted by Crippen LogP contribution is -2.22. The Morgan fingerprint density at radius 2 is 1.94 bits per heavy atom. The van der Waals surface area contributed by atoms with Crippen molar-refractivity contribution in [3.63, 3.8) is 0 Å². The highest BCUT2D eigenvalue weighted by Gasteiger charge is 2.13. The Balaban J connectivity index is 2.85. The molecule has 1 N–H and O–H groups in total. The maximum Gasteiger partial charge on any atom is 0.0454 e. The number of hydrogen-bond acceptors (Lipinski definition) is 1. The molecular formula is C13H19Cl2N. The quantitative estimate of drug-likeness (QED) is 0.772. The van der Waals surface area contributed by atoms with Crippen LogP contribution in [-0.2, 0) is 0 Å². The fourth-order valence-corrected chi connectivity index (χ4v) is 2.19. The molecule has 1 aromatic rings. The molecule has 16 heavy (non-hydrogen) atoms.